The van der Waals surface area contributed by atoms with Gasteiger partial charge in [0.2, 0.25) is 5.91 Å². The van der Waals surface area contributed by atoms with Crippen molar-refractivity contribution in [1.29, 1.82) is 0 Å². The largest absolute Gasteiger partial charge is 0.356 e. The number of carbonyl (C=O) groups excluding carboxylic acids is 2. The van der Waals surface area contributed by atoms with Crippen LogP contribution in [0.4, 0.5) is 4.39 Å². The van der Waals surface area contributed by atoms with E-state index in [4.69, 9.17) is 0 Å². The first-order valence-electron chi connectivity index (χ1n) is 9.73. The summed E-state index contributed by atoms with van der Waals surface area (Å²) in [4.78, 5) is 26.6. The van der Waals surface area contributed by atoms with E-state index in [-0.39, 0.29) is 23.5 Å². The van der Waals surface area contributed by atoms with Gasteiger partial charge in [0.15, 0.2) is 0 Å². The topological polar surface area (TPSA) is 67.2 Å². The third kappa shape index (κ3) is 4.97. The Bertz CT molecular complexity index is 841. The number of likely N-dealkylation sites (tertiary alicyclic amines) is 1. The zero-order valence-corrected chi connectivity index (χ0v) is 16.4. The van der Waals surface area contributed by atoms with Gasteiger partial charge in [-0.25, -0.2) is 4.39 Å². The number of halogens is 1. The molecule has 6 nitrogen and oxygen atoms in total. The van der Waals surface area contributed by atoms with Crippen LogP contribution in [0.1, 0.15) is 40.9 Å². The van der Waals surface area contributed by atoms with E-state index >= 15 is 0 Å². The van der Waals surface area contributed by atoms with E-state index in [1.54, 1.807) is 36.1 Å². The van der Waals surface area contributed by atoms with Crippen molar-refractivity contribution in [2.45, 2.75) is 32.6 Å². The second kappa shape index (κ2) is 8.99. The summed E-state index contributed by atoms with van der Waals surface area (Å²) in [6.45, 7) is 3.57. The summed E-state index contributed by atoms with van der Waals surface area (Å²) in [5.74, 6) is 0.0350. The monoisotopic (exact) mass is 386 g/mol. The van der Waals surface area contributed by atoms with E-state index < -0.39 is 0 Å². The Kier molecular flexibility index (Phi) is 6.44. The van der Waals surface area contributed by atoms with E-state index in [0.29, 0.717) is 43.6 Å². The highest BCUT2D eigenvalue weighted by Crippen LogP contribution is 2.22. The molecule has 0 unspecified atom stereocenters. The number of aromatic nitrogens is 2. The van der Waals surface area contributed by atoms with Gasteiger partial charge in [-0.15, -0.1) is 0 Å². The lowest BCUT2D eigenvalue weighted by Gasteiger charge is -2.31. The Morgan fingerprint density at radius 1 is 1.25 bits per heavy atom. The molecule has 1 aliphatic rings. The van der Waals surface area contributed by atoms with E-state index in [1.807, 2.05) is 11.8 Å². The third-order valence-corrected chi connectivity index (χ3v) is 5.29. The van der Waals surface area contributed by atoms with Crippen LogP contribution in [0, 0.1) is 18.7 Å². The fraction of sp³-hybridized carbons (Fsp3) is 0.476. The number of hydrogen-bond acceptors (Lipinski definition) is 3. The van der Waals surface area contributed by atoms with Gasteiger partial charge in [0, 0.05) is 39.3 Å². The predicted molar refractivity (Wildman–Crippen MR) is 104 cm³/mol. The van der Waals surface area contributed by atoms with Gasteiger partial charge in [0.25, 0.3) is 5.91 Å². The molecule has 0 aliphatic carbocycles. The molecule has 0 spiro atoms. The first-order chi connectivity index (χ1) is 13.4. The molecule has 28 heavy (non-hydrogen) atoms. The molecule has 1 N–H and O–H groups in total. The summed E-state index contributed by atoms with van der Waals surface area (Å²) in [6.07, 6.45) is 4.31. The zero-order valence-electron chi connectivity index (χ0n) is 16.4. The molecule has 1 aromatic heterocycles. The van der Waals surface area contributed by atoms with Gasteiger partial charge in [0.05, 0.1) is 11.3 Å². The minimum Gasteiger partial charge on any atom is -0.356 e. The molecule has 3 rings (SSSR count). The fourth-order valence-corrected chi connectivity index (χ4v) is 3.69. The summed E-state index contributed by atoms with van der Waals surface area (Å²) in [7, 11) is 1.81. The van der Waals surface area contributed by atoms with Crippen molar-refractivity contribution in [3.63, 3.8) is 0 Å². The molecular weight excluding hydrogens is 359 g/mol. The van der Waals surface area contributed by atoms with Crippen molar-refractivity contribution in [2.75, 3.05) is 19.6 Å². The lowest BCUT2D eigenvalue weighted by atomic mass is 9.93. The molecule has 0 saturated carbocycles. The Morgan fingerprint density at radius 2 is 1.96 bits per heavy atom. The zero-order chi connectivity index (χ0) is 20.1. The number of piperidine rings is 1. The minimum absolute atomic E-state index is 0.00998. The first kappa shape index (κ1) is 20.0. The molecule has 2 heterocycles. The molecular formula is C21H27FN4O2. The van der Waals surface area contributed by atoms with Gasteiger partial charge < -0.3 is 10.2 Å². The van der Waals surface area contributed by atoms with Gasteiger partial charge in [-0.2, -0.15) is 5.10 Å². The summed E-state index contributed by atoms with van der Waals surface area (Å²) in [5.41, 5.74) is 2.00. The van der Waals surface area contributed by atoms with Gasteiger partial charge in [-0.3, -0.25) is 14.3 Å². The second-order valence-electron chi connectivity index (χ2n) is 7.43. The normalized spacial score (nSPS) is 14.9. The number of amides is 2. The quantitative estimate of drug-likeness (QED) is 0.829. The maximum absolute atomic E-state index is 13.6. The number of nitrogens with one attached hydrogen (secondary N) is 1. The van der Waals surface area contributed by atoms with Crippen LogP contribution < -0.4 is 5.32 Å². The smallest absolute Gasteiger partial charge is 0.257 e. The average molecular weight is 386 g/mol. The van der Waals surface area contributed by atoms with Gasteiger partial charge in [-0.05, 0) is 43.7 Å². The Balaban J connectivity index is 1.40. The van der Waals surface area contributed by atoms with Crippen LogP contribution >= 0.6 is 0 Å². The van der Waals surface area contributed by atoms with Gasteiger partial charge in [0.1, 0.15) is 5.82 Å². The fourth-order valence-electron chi connectivity index (χ4n) is 3.69. The van der Waals surface area contributed by atoms with Crippen molar-refractivity contribution < 1.29 is 14.0 Å². The number of carbonyl (C=O) groups is 2. The minimum atomic E-state index is -0.238. The molecule has 150 valence electrons. The van der Waals surface area contributed by atoms with Crippen LogP contribution in [0.2, 0.25) is 0 Å². The number of hydrogen-bond donors (Lipinski definition) is 1. The van der Waals surface area contributed by atoms with E-state index in [1.165, 1.54) is 6.07 Å². The lowest BCUT2D eigenvalue weighted by molar-refractivity contribution is -0.122. The Labute approximate surface area is 164 Å². The van der Waals surface area contributed by atoms with Crippen LogP contribution in [-0.4, -0.2) is 46.1 Å². The molecule has 0 radical (unpaired) electrons. The Morgan fingerprint density at radius 3 is 2.61 bits per heavy atom. The summed E-state index contributed by atoms with van der Waals surface area (Å²) in [6, 6.07) is 6.61. The van der Waals surface area contributed by atoms with E-state index in [0.717, 1.165) is 18.5 Å². The summed E-state index contributed by atoms with van der Waals surface area (Å²) >= 11 is 0. The van der Waals surface area contributed by atoms with Crippen LogP contribution in [0.25, 0.3) is 0 Å². The summed E-state index contributed by atoms with van der Waals surface area (Å²) < 4.78 is 15.2. The predicted octanol–water partition coefficient (Wildman–Crippen LogP) is 2.47. The lowest BCUT2D eigenvalue weighted by Crippen LogP contribution is -2.40. The average Bonchev–Trinajstić information content (AvgIpc) is 3.01. The van der Waals surface area contributed by atoms with Crippen LogP contribution in [0.5, 0.6) is 0 Å². The molecule has 1 fully saturated rings. The molecule has 1 aliphatic heterocycles. The highest BCUT2D eigenvalue weighted by atomic mass is 19.1. The van der Waals surface area contributed by atoms with E-state index in [2.05, 4.69) is 10.4 Å². The van der Waals surface area contributed by atoms with Crippen molar-refractivity contribution in [3.8, 4) is 0 Å². The highest BCUT2D eigenvalue weighted by Gasteiger charge is 2.26. The molecule has 2 aromatic rings. The van der Waals surface area contributed by atoms with Gasteiger partial charge in [-0.1, -0.05) is 18.2 Å². The standard InChI is InChI=1S/C21H27FN4O2/c1-15-18(14-25(2)24-15)21(28)26-11-8-16(9-12-26)13-20(27)23-10-7-17-5-3-4-6-19(17)22/h3-6,14,16H,7-13H2,1-2H3,(H,23,27). The number of aryl methyl sites for hydroxylation is 2. The van der Waals surface area contributed by atoms with Gasteiger partial charge >= 0.3 is 0 Å². The number of nitrogens with zero attached hydrogens (tertiary/aromatic N) is 3. The van der Waals surface area contributed by atoms with Crippen LogP contribution in [0.3, 0.4) is 0 Å². The number of benzene rings is 1. The van der Waals surface area contributed by atoms with E-state index in [9.17, 15) is 14.0 Å². The molecule has 0 bridgehead atoms. The Hall–Kier alpha value is -2.70. The van der Waals surface area contributed by atoms with Crippen molar-refractivity contribution in [3.05, 3.63) is 53.1 Å². The maximum Gasteiger partial charge on any atom is 0.257 e. The SMILES string of the molecule is Cc1nn(C)cc1C(=O)N1CCC(CC(=O)NCCc2ccccc2F)CC1. The van der Waals surface area contributed by atoms with Crippen LogP contribution in [-0.2, 0) is 18.3 Å². The third-order valence-electron chi connectivity index (χ3n) is 5.29. The van der Waals surface area contributed by atoms with Crippen molar-refractivity contribution >= 4 is 11.8 Å². The molecule has 7 heteroatoms. The highest BCUT2D eigenvalue weighted by molar-refractivity contribution is 5.95. The first-order valence-corrected chi connectivity index (χ1v) is 9.73. The molecule has 0 atom stereocenters. The summed E-state index contributed by atoms with van der Waals surface area (Å²) in [5, 5.41) is 7.11. The second-order valence-corrected chi connectivity index (χ2v) is 7.43. The molecule has 2 amide bonds. The molecule has 1 saturated heterocycles. The van der Waals surface area contributed by atoms with Crippen LogP contribution in [0.15, 0.2) is 30.5 Å². The molecule has 1 aromatic carbocycles. The van der Waals surface area contributed by atoms with Crippen molar-refractivity contribution in [2.24, 2.45) is 13.0 Å². The maximum atomic E-state index is 13.6. The van der Waals surface area contributed by atoms with Crippen molar-refractivity contribution in [1.82, 2.24) is 20.0 Å². The number of rotatable bonds is 6.